The summed E-state index contributed by atoms with van der Waals surface area (Å²) in [5.74, 6) is -0.0649. The maximum absolute atomic E-state index is 11.9. The van der Waals surface area contributed by atoms with Crippen molar-refractivity contribution in [2.45, 2.75) is 43.2 Å². The predicted molar refractivity (Wildman–Crippen MR) is 78.0 cm³/mol. The van der Waals surface area contributed by atoms with Crippen LogP contribution in [0.15, 0.2) is 29.2 Å². The number of benzene rings is 1. The van der Waals surface area contributed by atoms with E-state index in [1.54, 1.807) is 12.1 Å². The Balaban J connectivity index is 1.93. The Labute approximate surface area is 124 Å². The fraction of sp³-hybridized carbons (Fsp3) is 0.500. The van der Waals surface area contributed by atoms with Crippen molar-refractivity contribution in [1.82, 2.24) is 5.32 Å². The van der Waals surface area contributed by atoms with Crippen LogP contribution in [0.5, 0.6) is 0 Å². The number of carbonyl (C=O) groups excluding carboxylic acids is 1. The molecule has 1 fully saturated rings. The Morgan fingerprint density at radius 3 is 2.62 bits per heavy atom. The molecule has 0 aliphatic carbocycles. The monoisotopic (exact) mass is 312 g/mol. The van der Waals surface area contributed by atoms with Gasteiger partial charge in [0.2, 0.25) is 15.9 Å². The molecule has 1 aromatic carbocycles. The van der Waals surface area contributed by atoms with Crippen LogP contribution in [0, 0.1) is 0 Å². The van der Waals surface area contributed by atoms with E-state index in [1.807, 2.05) is 6.92 Å². The van der Waals surface area contributed by atoms with Crippen LogP contribution in [0.4, 0.5) is 0 Å². The number of hydrogen-bond acceptors (Lipinski definition) is 4. The molecule has 2 unspecified atom stereocenters. The summed E-state index contributed by atoms with van der Waals surface area (Å²) in [4.78, 5) is 12.0. The van der Waals surface area contributed by atoms with E-state index in [1.165, 1.54) is 12.1 Å². The molecule has 21 heavy (non-hydrogen) atoms. The van der Waals surface area contributed by atoms with Crippen molar-refractivity contribution in [2.24, 2.45) is 5.14 Å². The zero-order chi connectivity index (χ0) is 15.5. The number of ether oxygens (including phenoxy) is 1. The fourth-order valence-electron chi connectivity index (χ4n) is 2.34. The summed E-state index contributed by atoms with van der Waals surface area (Å²) in [5, 5.41) is 7.93. The van der Waals surface area contributed by atoms with Gasteiger partial charge >= 0.3 is 0 Å². The molecule has 1 heterocycles. The lowest BCUT2D eigenvalue weighted by Crippen LogP contribution is -2.29. The molecule has 1 amide bonds. The Morgan fingerprint density at radius 2 is 2.10 bits per heavy atom. The van der Waals surface area contributed by atoms with E-state index in [2.05, 4.69) is 5.32 Å². The lowest BCUT2D eigenvalue weighted by atomic mass is 10.1. The summed E-state index contributed by atoms with van der Waals surface area (Å²) in [6.45, 7) is 2.57. The largest absolute Gasteiger partial charge is 0.378 e. The molecule has 116 valence electrons. The van der Waals surface area contributed by atoms with Crippen LogP contribution in [0.1, 0.15) is 37.8 Å². The van der Waals surface area contributed by atoms with E-state index in [0.29, 0.717) is 6.42 Å². The summed E-state index contributed by atoms with van der Waals surface area (Å²) in [6, 6.07) is 5.97. The Hall–Kier alpha value is -1.44. The molecule has 0 spiro atoms. The average Bonchev–Trinajstić information content (AvgIpc) is 2.90. The highest BCUT2D eigenvalue weighted by Crippen LogP contribution is 2.18. The third-order valence-electron chi connectivity index (χ3n) is 3.52. The van der Waals surface area contributed by atoms with Gasteiger partial charge < -0.3 is 10.1 Å². The van der Waals surface area contributed by atoms with Gasteiger partial charge in [0.05, 0.1) is 23.5 Å². The minimum atomic E-state index is -3.69. The highest BCUT2D eigenvalue weighted by Gasteiger charge is 2.20. The topological polar surface area (TPSA) is 98.5 Å². The first-order chi connectivity index (χ1) is 9.86. The van der Waals surface area contributed by atoms with Crippen LogP contribution < -0.4 is 10.5 Å². The maximum Gasteiger partial charge on any atom is 0.238 e. The fourth-order valence-corrected chi connectivity index (χ4v) is 2.86. The van der Waals surface area contributed by atoms with E-state index >= 15 is 0 Å². The molecule has 2 rings (SSSR count). The summed E-state index contributed by atoms with van der Waals surface area (Å²) in [6.07, 6.45) is 2.30. The van der Waals surface area contributed by atoms with E-state index in [-0.39, 0.29) is 22.9 Å². The number of sulfonamides is 1. The Kier molecular flexibility index (Phi) is 4.97. The molecule has 3 N–H and O–H groups in total. The third-order valence-corrected chi connectivity index (χ3v) is 4.45. The minimum Gasteiger partial charge on any atom is -0.378 e. The smallest absolute Gasteiger partial charge is 0.238 e. The second kappa shape index (κ2) is 6.55. The number of primary sulfonamides is 1. The second-order valence-electron chi connectivity index (χ2n) is 5.24. The van der Waals surface area contributed by atoms with E-state index in [0.717, 1.165) is 25.0 Å². The highest BCUT2D eigenvalue weighted by atomic mass is 32.2. The van der Waals surface area contributed by atoms with Gasteiger partial charge in [-0.3, -0.25) is 4.79 Å². The van der Waals surface area contributed by atoms with Crippen LogP contribution >= 0.6 is 0 Å². The van der Waals surface area contributed by atoms with Crippen LogP contribution in [-0.2, 0) is 19.6 Å². The standard InChI is InChI=1S/C14H20N2O4S/c1-10(16-14(17)9-12-3-2-8-20-12)11-4-6-13(7-5-11)21(15,18)19/h4-7,10,12H,2-3,8-9H2,1H3,(H,16,17)(H2,15,18,19). The first kappa shape index (κ1) is 15.9. The average molecular weight is 312 g/mol. The lowest BCUT2D eigenvalue weighted by molar-refractivity contribution is -0.123. The van der Waals surface area contributed by atoms with Gasteiger partial charge in [0.1, 0.15) is 0 Å². The van der Waals surface area contributed by atoms with Gasteiger partial charge in [-0.25, -0.2) is 13.6 Å². The lowest BCUT2D eigenvalue weighted by Gasteiger charge is -2.16. The zero-order valence-electron chi connectivity index (χ0n) is 11.9. The maximum atomic E-state index is 11.9. The van der Waals surface area contributed by atoms with Crippen molar-refractivity contribution in [3.8, 4) is 0 Å². The van der Waals surface area contributed by atoms with Gasteiger partial charge in [0, 0.05) is 6.61 Å². The van der Waals surface area contributed by atoms with Gasteiger partial charge in [-0.05, 0) is 37.5 Å². The molecule has 7 heteroatoms. The first-order valence-corrected chi connectivity index (χ1v) is 8.44. The van der Waals surface area contributed by atoms with Gasteiger partial charge in [-0.1, -0.05) is 12.1 Å². The normalized spacial score (nSPS) is 20.2. The van der Waals surface area contributed by atoms with Crippen LogP contribution in [-0.4, -0.2) is 27.0 Å². The SMILES string of the molecule is CC(NC(=O)CC1CCCO1)c1ccc(S(N)(=O)=O)cc1. The number of nitrogens with one attached hydrogen (secondary N) is 1. The quantitative estimate of drug-likeness (QED) is 0.850. The molecule has 2 atom stereocenters. The van der Waals surface area contributed by atoms with E-state index < -0.39 is 10.0 Å². The molecule has 1 aliphatic heterocycles. The minimum absolute atomic E-state index is 0.0157. The summed E-state index contributed by atoms with van der Waals surface area (Å²) in [5.41, 5.74) is 0.822. The van der Waals surface area contributed by atoms with E-state index in [4.69, 9.17) is 9.88 Å². The van der Waals surface area contributed by atoms with Gasteiger partial charge in [0.15, 0.2) is 0 Å². The van der Waals surface area contributed by atoms with E-state index in [9.17, 15) is 13.2 Å². The van der Waals surface area contributed by atoms with Crippen LogP contribution in [0.3, 0.4) is 0 Å². The number of amides is 1. The second-order valence-corrected chi connectivity index (χ2v) is 6.80. The highest BCUT2D eigenvalue weighted by molar-refractivity contribution is 7.89. The third kappa shape index (κ3) is 4.52. The molecule has 0 saturated carbocycles. The molecular formula is C14H20N2O4S. The molecule has 0 aromatic heterocycles. The van der Waals surface area contributed by atoms with Crippen LogP contribution in [0.2, 0.25) is 0 Å². The summed E-state index contributed by atoms with van der Waals surface area (Å²) in [7, 11) is -3.69. The molecule has 1 aliphatic rings. The Bertz CT molecular complexity index is 592. The summed E-state index contributed by atoms with van der Waals surface area (Å²) >= 11 is 0. The molecular weight excluding hydrogens is 292 g/mol. The Morgan fingerprint density at radius 1 is 1.43 bits per heavy atom. The summed E-state index contributed by atoms with van der Waals surface area (Å²) < 4.78 is 27.8. The van der Waals surface area contributed by atoms with Gasteiger partial charge in [0.25, 0.3) is 0 Å². The van der Waals surface area contributed by atoms with Crippen LogP contribution in [0.25, 0.3) is 0 Å². The van der Waals surface area contributed by atoms with Crippen molar-refractivity contribution >= 4 is 15.9 Å². The number of carbonyl (C=O) groups is 1. The number of hydrogen-bond donors (Lipinski definition) is 2. The van der Waals surface area contributed by atoms with Gasteiger partial charge in [-0.2, -0.15) is 0 Å². The molecule has 0 bridgehead atoms. The van der Waals surface area contributed by atoms with Gasteiger partial charge in [-0.15, -0.1) is 0 Å². The van der Waals surface area contributed by atoms with Crippen molar-refractivity contribution < 1.29 is 17.9 Å². The molecule has 1 aromatic rings. The number of rotatable bonds is 5. The molecule has 1 saturated heterocycles. The van der Waals surface area contributed by atoms with Crippen molar-refractivity contribution in [1.29, 1.82) is 0 Å². The molecule has 6 nitrogen and oxygen atoms in total. The van der Waals surface area contributed by atoms with Crippen molar-refractivity contribution in [3.63, 3.8) is 0 Å². The van der Waals surface area contributed by atoms with Crippen molar-refractivity contribution in [2.75, 3.05) is 6.61 Å². The van der Waals surface area contributed by atoms with Crippen molar-refractivity contribution in [3.05, 3.63) is 29.8 Å². The predicted octanol–water partition coefficient (Wildman–Crippen LogP) is 1.08. The zero-order valence-corrected chi connectivity index (χ0v) is 12.7. The first-order valence-electron chi connectivity index (χ1n) is 6.90. The number of nitrogens with two attached hydrogens (primary N) is 1. The molecule has 0 radical (unpaired) electrons.